The fourth-order valence-corrected chi connectivity index (χ4v) is 8.28. The maximum Gasteiger partial charge on any atom is 0.352 e. The molecule has 118 valence electrons. The second-order valence-electron chi connectivity index (χ2n) is 4.95. The largest absolute Gasteiger partial charge is 0.352 e. The average Bonchev–Trinajstić information content (AvgIpc) is 2.38. The van der Waals surface area contributed by atoms with Gasteiger partial charge in [0, 0.05) is 0 Å². The summed E-state index contributed by atoms with van der Waals surface area (Å²) in [6.45, 7) is 3.69. The molecule has 1 fully saturated rings. The van der Waals surface area contributed by atoms with Crippen molar-refractivity contribution in [3.63, 3.8) is 0 Å². The van der Waals surface area contributed by atoms with E-state index >= 15 is 0 Å². The molecule has 5 nitrogen and oxygen atoms in total. The van der Waals surface area contributed by atoms with Gasteiger partial charge in [-0.05, 0) is 45.2 Å². The van der Waals surface area contributed by atoms with Crippen molar-refractivity contribution in [2.75, 3.05) is 13.2 Å². The van der Waals surface area contributed by atoms with Gasteiger partial charge in [0.25, 0.3) is 0 Å². The van der Waals surface area contributed by atoms with Gasteiger partial charge in [-0.25, -0.2) is 8.42 Å². The van der Waals surface area contributed by atoms with Crippen LogP contribution in [0.25, 0.3) is 0 Å². The molecule has 1 aromatic carbocycles. The highest BCUT2D eigenvalue weighted by Crippen LogP contribution is 2.70. The van der Waals surface area contributed by atoms with Gasteiger partial charge in [-0.3, -0.25) is 4.57 Å². The Morgan fingerprint density at radius 3 is 2.00 bits per heavy atom. The van der Waals surface area contributed by atoms with Crippen molar-refractivity contribution in [1.29, 1.82) is 0 Å². The molecule has 2 rings (SSSR count). The van der Waals surface area contributed by atoms with Crippen molar-refractivity contribution >= 4 is 17.4 Å². The Balaban J connectivity index is 2.53. The topological polar surface area (TPSA) is 69.7 Å². The molecule has 0 heterocycles. The van der Waals surface area contributed by atoms with Crippen LogP contribution in [0.15, 0.2) is 35.2 Å². The van der Waals surface area contributed by atoms with Gasteiger partial charge in [-0.15, -0.1) is 0 Å². The van der Waals surface area contributed by atoms with Gasteiger partial charge >= 0.3 is 7.60 Å². The van der Waals surface area contributed by atoms with Crippen molar-refractivity contribution in [3.8, 4) is 0 Å². The minimum absolute atomic E-state index is 0.156. The summed E-state index contributed by atoms with van der Waals surface area (Å²) in [6.07, 6.45) is 1.32. The molecule has 0 spiro atoms. The van der Waals surface area contributed by atoms with Crippen molar-refractivity contribution in [1.82, 2.24) is 0 Å². The van der Waals surface area contributed by atoms with Gasteiger partial charge in [0.15, 0.2) is 14.3 Å². The zero-order valence-corrected chi connectivity index (χ0v) is 14.0. The molecule has 0 N–H and O–H groups in total. The zero-order chi connectivity index (χ0) is 15.6. The van der Waals surface area contributed by atoms with Crippen LogP contribution in [-0.4, -0.2) is 26.1 Å². The first-order valence-corrected chi connectivity index (χ1v) is 10.1. The second-order valence-corrected chi connectivity index (χ2v) is 9.88. The van der Waals surface area contributed by atoms with E-state index < -0.39 is 21.9 Å². The molecule has 0 amide bonds. The van der Waals surface area contributed by atoms with Crippen LogP contribution in [0.4, 0.5) is 0 Å². The summed E-state index contributed by atoms with van der Waals surface area (Å²) >= 11 is 0. The van der Waals surface area contributed by atoms with E-state index in [1.54, 1.807) is 32.0 Å². The van der Waals surface area contributed by atoms with E-state index in [9.17, 15) is 13.0 Å². The van der Waals surface area contributed by atoms with Crippen LogP contribution in [0, 0.1) is 0 Å². The third-order valence-corrected chi connectivity index (χ3v) is 10.1. The Morgan fingerprint density at radius 2 is 1.62 bits per heavy atom. The normalized spacial score (nSPS) is 18.2. The van der Waals surface area contributed by atoms with Gasteiger partial charge in [0.05, 0.1) is 18.1 Å². The minimum Gasteiger partial charge on any atom is -0.308 e. The van der Waals surface area contributed by atoms with Crippen molar-refractivity contribution < 1.29 is 22.0 Å². The van der Waals surface area contributed by atoms with Crippen LogP contribution in [-0.2, 0) is 23.4 Å². The minimum atomic E-state index is -3.78. The Kier molecular flexibility index (Phi) is 4.93. The summed E-state index contributed by atoms with van der Waals surface area (Å²) in [6, 6.07) is 8.11. The van der Waals surface area contributed by atoms with Gasteiger partial charge in [0.1, 0.15) is 0 Å². The Labute approximate surface area is 126 Å². The summed E-state index contributed by atoms with van der Waals surface area (Å²) in [4.78, 5) is 0.171. The quantitative estimate of drug-likeness (QED) is 0.714. The lowest BCUT2D eigenvalue weighted by Gasteiger charge is -2.44. The fourth-order valence-electron chi connectivity index (χ4n) is 2.60. The molecule has 1 aliphatic carbocycles. The predicted molar refractivity (Wildman–Crippen MR) is 81.1 cm³/mol. The molecule has 1 aliphatic rings. The van der Waals surface area contributed by atoms with Crippen LogP contribution in [0.5, 0.6) is 0 Å². The van der Waals surface area contributed by atoms with E-state index in [4.69, 9.17) is 9.05 Å². The van der Waals surface area contributed by atoms with Gasteiger partial charge in [0.2, 0.25) is 0 Å². The first-order valence-electron chi connectivity index (χ1n) is 7.12. The summed E-state index contributed by atoms with van der Waals surface area (Å²) in [7, 11) is -7.51. The highest BCUT2D eigenvalue weighted by atomic mass is 32.2. The van der Waals surface area contributed by atoms with Crippen LogP contribution < -0.4 is 0 Å². The molecule has 1 aromatic rings. The van der Waals surface area contributed by atoms with Gasteiger partial charge in [-0.1, -0.05) is 18.2 Å². The SMILES string of the molecule is CCOP(=O)(OCC)C1(S(=O)(=O)c2ccccc2)CCC1. The van der Waals surface area contributed by atoms with E-state index in [-0.39, 0.29) is 18.1 Å². The number of hydrogen-bond donors (Lipinski definition) is 0. The van der Waals surface area contributed by atoms with Crippen LogP contribution >= 0.6 is 7.60 Å². The number of rotatable bonds is 7. The second kappa shape index (κ2) is 6.21. The summed E-state index contributed by atoms with van der Waals surface area (Å²) in [5, 5.41) is 0. The summed E-state index contributed by atoms with van der Waals surface area (Å²) < 4.78 is 48.4. The number of sulfone groups is 1. The molecule has 0 aromatic heterocycles. The van der Waals surface area contributed by atoms with E-state index in [1.165, 1.54) is 12.1 Å². The van der Waals surface area contributed by atoms with E-state index in [1.807, 2.05) is 0 Å². The molecule has 7 heteroatoms. The van der Waals surface area contributed by atoms with Crippen LogP contribution in [0.3, 0.4) is 0 Å². The fraction of sp³-hybridized carbons (Fsp3) is 0.571. The van der Waals surface area contributed by atoms with Gasteiger partial charge < -0.3 is 9.05 Å². The predicted octanol–water partition coefficient (Wildman–Crippen LogP) is 3.61. The Hall–Kier alpha value is -0.680. The molecule has 0 bridgehead atoms. The molecule has 0 unspecified atom stereocenters. The highest BCUT2D eigenvalue weighted by molar-refractivity contribution is 7.99. The summed E-state index contributed by atoms with van der Waals surface area (Å²) in [5.74, 6) is 0. The maximum atomic E-state index is 13.1. The van der Waals surface area contributed by atoms with Crippen molar-refractivity contribution in [3.05, 3.63) is 30.3 Å². The molecule has 0 atom stereocenters. The average molecular weight is 332 g/mol. The standard InChI is InChI=1S/C14H21O5PS/c1-3-18-20(15,19-4-2)14(11-8-12-14)21(16,17)13-9-6-5-7-10-13/h5-7,9-10H,3-4,8,11-12H2,1-2H3. The van der Waals surface area contributed by atoms with Crippen molar-refractivity contribution in [2.45, 2.75) is 42.5 Å². The maximum absolute atomic E-state index is 13.1. The number of benzene rings is 1. The van der Waals surface area contributed by atoms with Crippen LogP contribution in [0.1, 0.15) is 33.1 Å². The number of hydrogen-bond acceptors (Lipinski definition) is 5. The lowest BCUT2D eigenvalue weighted by atomic mass is 9.99. The van der Waals surface area contributed by atoms with Crippen LogP contribution in [0.2, 0.25) is 0 Å². The smallest absolute Gasteiger partial charge is 0.308 e. The third-order valence-electron chi connectivity index (χ3n) is 3.79. The molecule has 1 saturated carbocycles. The third kappa shape index (κ3) is 2.59. The van der Waals surface area contributed by atoms with E-state index in [0.29, 0.717) is 19.3 Å². The van der Waals surface area contributed by atoms with Gasteiger partial charge in [-0.2, -0.15) is 0 Å². The lowest BCUT2D eigenvalue weighted by molar-refractivity contribution is 0.191. The lowest BCUT2D eigenvalue weighted by Crippen LogP contribution is -2.46. The Morgan fingerprint density at radius 1 is 1.10 bits per heavy atom. The molecule has 0 aliphatic heterocycles. The zero-order valence-electron chi connectivity index (χ0n) is 12.3. The van der Waals surface area contributed by atoms with Crippen molar-refractivity contribution in [2.24, 2.45) is 0 Å². The first kappa shape index (κ1) is 16.7. The summed E-state index contributed by atoms with van der Waals surface area (Å²) in [5.41, 5.74) is 0. The van der Waals surface area contributed by atoms with E-state index in [2.05, 4.69) is 0 Å². The highest BCUT2D eigenvalue weighted by Gasteiger charge is 2.64. The molecular weight excluding hydrogens is 311 g/mol. The van der Waals surface area contributed by atoms with E-state index in [0.717, 1.165) is 0 Å². The molecule has 0 saturated heterocycles. The molecule has 21 heavy (non-hydrogen) atoms. The molecular formula is C14H21O5PS. The molecule has 0 radical (unpaired) electrons. The Bertz CT molecular complexity index is 612. The monoisotopic (exact) mass is 332 g/mol. The first-order chi connectivity index (χ1) is 9.93.